The second-order valence-electron chi connectivity index (χ2n) is 6.41. The van der Waals surface area contributed by atoms with Gasteiger partial charge in [0.2, 0.25) is 0 Å². The average Bonchev–Trinajstić information content (AvgIpc) is 2.68. The normalized spacial score (nSPS) is 17.3. The van der Waals surface area contributed by atoms with Crippen molar-refractivity contribution in [2.45, 2.75) is 49.3 Å². The van der Waals surface area contributed by atoms with Crippen LogP contribution >= 0.6 is 35.0 Å². The fourth-order valence-corrected chi connectivity index (χ4v) is 4.66. The monoisotopic (exact) mass is 408 g/mol. The minimum atomic E-state index is 0.0455. The van der Waals surface area contributed by atoms with E-state index in [0.717, 1.165) is 36.4 Å². The molecule has 0 N–H and O–H groups in total. The first-order valence-electron chi connectivity index (χ1n) is 8.94. The van der Waals surface area contributed by atoms with Crippen molar-refractivity contribution in [3.8, 4) is 0 Å². The number of halogens is 2. The number of amides is 1. The maximum absolute atomic E-state index is 12.9. The van der Waals surface area contributed by atoms with Crippen LogP contribution in [0, 0.1) is 0 Å². The lowest BCUT2D eigenvalue weighted by atomic mass is 9.99. The van der Waals surface area contributed by atoms with E-state index in [9.17, 15) is 4.79 Å². The highest BCUT2D eigenvalue weighted by Gasteiger charge is 2.26. The Bertz CT molecular complexity index is 784. The smallest absolute Gasteiger partial charge is 0.272 e. The van der Waals surface area contributed by atoms with Crippen LogP contribution in [0.25, 0.3) is 0 Å². The van der Waals surface area contributed by atoms with Gasteiger partial charge in [-0.1, -0.05) is 42.3 Å². The predicted molar refractivity (Wildman–Crippen MR) is 109 cm³/mol. The first kappa shape index (κ1) is 19.5. The summed E-state index contributed by atoms with van der Waals surface area (Å²) in [4.78, 5) is 20.4. The van der Waals surface area contributed by atoms with Crippen molar-refractivity contribution in [3.63, 3.8) is 0 Å². The van der Waals surface area contributed by atoms with Crippen LogP contribution in [-0.4, -0.2) is 28.4 Å². The highest BCUT2D eigenvalue weighted by molar-refractivity contribution is 7.98. The number of likely N-dealkylation sites (tertiary alicyclic amines) is 1. The summed E-state index contributed by atoms with van der Waals surface area (Å²) in [5.74, 6) is 0.683. The van der Waals surface area contributed by atoms with E-state index in [1.807, 2.05) is 35.2 Å². The number of carbonyl (C=O) groups excluding carboxylic acids is 1. The Balaban J connectivity index is 1.71. The van der Waals surface area contributed by atoms with Gasteiger partial charge < -0.3 is 4.90 Å². The second-order valence-corrected chi connectivity index (χ2v) is 8.21. The number of hydrogen-bond acceptors (Lipinski definition) is 3. The Labute approximate surface area is 169 Å². The lowest BCUT2D eigenvalue weighted by Crippen LogP contribution is -2.43. The van der Waals surface area contributed by atoms with Crippen LogP contribution in [-0.2, 0) is 5.75 Å². The Morgan fingerprint density at radius 1 is 1.23 bits per heavy atom. The van der Waals surface area contributed by atoms with Crippen molar-refractivity contribution in [1.29, 1.82) is 0 Å². The third-order valence-electron chi connectivity index (χ3n) is 4.68. The summed E-state index contributed by atoms with van der Waals surface area (Å²) >= 11 is 13.9. The van der Waals surface area contributed by atoms with Gasteiger partial charge in [0.1, 0.15) is 5.69 Å². The van der Waals surface area contributed by atoms with E-state index in [0.29, 0.717) is 27.5 Å². The van der Waals surface area contributed by atoms with Crippen molar-refractivity contribution in [3.05, 3.63) is 57.8 Å². The van der Waals surface area contributed by atoms with Gasteiger partial charge in [0, 0.05) is 23.2 Å². The molecule has 0 saturated carbocycles. The van der Waals surface area contributed by atoms with Gasteiger partial charge in [-0.15, -0.1) is 11.8 Å². The summed E-state index contributed by atoms with van der Waals surface area (Å²) in [6.45, 7) is 2.97. The molecule has 1 fully saturated rings. The minimum Gasteiger partial charge on any atom is -0.334 e. The fourth-order valence-electron chi connectivity index (χ4n) is 3.27. The van der Waals surface area contributed by atoms with E-state index < -0.39 is 0 Å². The van der Waals surface area contributed by atoms with Crippen molar-refractivity contribution < 1.29 is 4.79 Å². The topological polar surface area (TPSA) is 33.2 Å². The fraction of sp³-hybridized carbons (Fsp3) is 0.400. The molecular formula is C20H22Cl2N2OS. The molecule has 1 unspecified atom stereocenters. The molecular weight excluding hydrogens is 387 g/mol. The van der Waals surface area contributed by atoms with Crippen LogP contribution in [0.3, 0.4) is 0 Å². The molecule has 138 valence electrons. The molecule has 1 aliphatic heterocycles. The van der Waals surface area contributed by atoms with E-state index in [1.165, 1.54) is 6.42 Å². The number of hydrogen-bond donors (Lipinski definition) is 0. The van der Waals surface area contributed by atoms with Crippen molar-refractivity contribution in [2.24, 2.45) is 0 Å². The third-order valence-corrected chi connectivity index (χ3v) is 6.70. The Kier molecular flexibility index (Phi) is 6.85. The SMILES string of the molecule is CCC1CCCCN1C(=O)c1cccc(CSc2cccc(Cl)c2Cl)n1. The molecule has 2 heterocycles. The number of aromatic nitrogens is 1. The Morgan fingerprint density at radius 3 is 2.85 bits per heavy atom. The molecule has 1 aromatic carbocycles. The number of rotatable bonds is 5. The number of piperidine rings is 1. The second kappa shape index (κ2) is 9.12. The van der Waals surface area contributed by atoms with E-state index >= 15 is 0 Å². The Morgan fingerprint density at radius 2 is 2.04 bits per heavy atom. The van der Waals surface area contributed by atoms with Crippen LogP contribution in [0.1, 0.15) is 48.8 Å². The summed E-state index contributed by atoms with van der Waals surface area (Å²) in [5.41, 5.74) is 1.39. The van der Waals surface area contributed by atoms with Gasteiger partial charge >= 0.3 is 0 Å². The minimum absolute atomic E-state index is 0.0455. The quantitative estimate of drug-likeness (QED) is 0.561. The molecule has 1 aliphatic rings. The summed E-state index contributed by atoms with van der Waals surface area (Å²) in [5, 5.41) is 1.11. The zero-order chi connectivity index (χ0) is 18.5. The van der Waals surface area contributed by atoms with Crippen LogP contribution in [0.5, 0.6) is 0 Å². The summed E-state index contributed by atoms with van der Waals surface area (Å²) in [6, 6.07) is 11.6. The van der Waals surface area contributed by atoms with Crippen LogP contribution in [0.2, 0.25) is 10.0 Å². The van der Waals surface area contributed by atoms with Gasteiger partial charge in [0.15, 0.2) is 0 Å². The predicted octanol–water partition coefficient (Wildman–Crippen LogP) is 6.09. The summed E-state index contributed by atoms with van der Waals surface area (Å²) in [7, 11) is 0. The summed E-state index contributed by atoms with van der Waals surface area (Å²) in [6.07, 6.45) is 4.36. The molecule has 1 amide bonds. The van der Waals surface area contributed by atoms with E-state index in [4.69, 9.17) is 23.2 Å². The number of benzene rings is 1. The molecule has 1 atom stereocenters. The molecule has 0 radical (unpaired) electrons. The molecule has 2 aromatic rings. The average molecular weight is 409 g/mol. The van der Waals surface area contributed by atoms with Crippen molar-refractivity contribution in [1.82, 2.24) is 9.88 Å². The van der Waals surface area contributed by atoms with Gasteiger partial charge in [-0.05, 0) is 49.9 Å². The molecule has 3 rings (SSSR count). The van der Waals surface area contributed by atoms with Crippen molar-refractivity contribution in [2.75, 3.05) is 6.54 Å². The third kappa shape index (κ3) is 4.54. The molecule has 1 saturated heterocycles. The van der Waals surface area contributed by atoms with E-state index in [-0.39, 0.29) is 5.91 Å². The number of thioether (sulfide) groups is 1. The summed E-state index contributed by atoms with van der Waals surface area (Å²) < 4.78 is 0. The number of carbonyl (C=O) groups is 1. The van der Waals surface area contributed by atoms with Crippen molar-refractivity contribution >= 4 is 40.9 Å². The molecule has 26 heavy (non-hydrogen) atoms. The number of pyridine rings is 1. The van der Waals surface area contributed by atoms with Gasteiger partial charge in [-0.3, -0.25) is 4.79 Å². The standard InChI is InChI=1S/C20H22Cl2N2OS/c1-2-15-8-3-4-12-24(15)20(25)17-10-5-7-14(23-17)13-26-18-11-6-9-16(21)19(18)22/h5-7,9-11,15H,2-4,8,12-13H2,1H3. The van der Waals surface area contributed by atoms with Crippen LogP contribution < -0.4 is 0 Å². The van der Waals surface area contributed by atoms with Crippen LogP contribution in [0.4, 0.5) is 0 Å². The molecule has 0 bridgehead atoms. The molecule has 0 aliphatic carbocycles. The lowest BCUT2D eigenvalue weighted by Gasteiger charge is -2.35. The lowest BCUT2D eigenvalue weighted by molar-refractivity contribution is 0.0601. The molecule has 1 aromatic heterocycles. The van der Waals surface area contributed by atoms with Gasteiger partial charge in [-0.25, -0.2) is 4.98 Å². The van der Waals surface area contributed by atoms with Gasteiger partial charge in [0.25, 0.3) is 5.91 Å². The zero-order valence-electron chi connectivity index (χ0n) is 14.8. The first-order valence-corrected chi connectivity index (χ1v) is 10.7. The zero-order valence-corrected chi connectivity index (χ0v) is 17.1. The van der Waals surface area contributed by atoms with Gasteiger partial charge in [0.05, 0.1) is 15.7 Å². The Hall–Kier alpha value is -1.23. The molecule has 0 spiro atoms. The van der Waals surface area contributed by atoms with E-state index in [2.05, 4.69) is 11.9 Å². The van der Waals surface area contributed by atoms with Crippen LogP contribution in [0.15, 0.2) is 41.3 Å². The van der Waals surface area contributed by atoms with Gasteiger partial charge in [-0.2, -0.15) is 0 Å². The number of nitrogens with zero attached hydrogens (tertiary/aromatic N) is 2. The largest absolute Gasteiger partial charge is 0.334 e. The first-order chi connectivity index (χ1) is 12.6. The molecule has 6 heteroatoms. The highest BCUT2D eigenvalue weighted by Crippen LogP contribution is 2.34. The maximum atomic E-state index is 12.9. The van der Waals surface area contributed by atoms with E-state index in [1.54, 1.807) is 17.8 Å². The maximum Gasteiger partial charge on any atom is 0.272 e. The molecule has 3 nitrogen and oxygen atoms in total. The highest BCUT2D eigenvalue weighted by atomic mass is 35.5.